The average Bonchev–Trinajstić information content (AvgIpc) is 2.71. The summed E-state index contributed by atoms with van der Waals surface area (Å²) < 4.78 is 0. The van der Waals surface area contributed by atoms with Crippen LogP contribution in [0.3, 0.4) is 0 Å². The second kappa shape index (κ2) is 7.51. The Morgan fingerprint density at radius 3 is 2.61 bits per heavy atom. The Hall–Kier alpha value is -2.46. The number of nitrogens with one attached hydrogen (secondary N) is 1. The average molecular weight is 390 g/mol. The molecule has 4 rings (SSSR count). The summed E-state index contributed by atoms with van der Waals surface area (Å²) >= 11 is 6.12. The first-order chi connectivity index (χ1) is 13.4. The second-order valence-corrected chi connectivity index (χ2v) is 8.23. The van der Waals surface area contributed by atoms with E-state index in [1.165, 1.54) is 16.3 Å². The zero-order valence-electron chi connectivity index (χ0n) is 16.1. The maximum absolute atomic E-state index is 6.71. The molecular weight excluding hydrogens is 366 g/mol. The van der Waals surface area contributed by atoms with Gasteiger partial charge in [-0.1, -0.05) is 54.1 Å². The molecule has 0 saturated heterocycles. The van der Waals surface area contributed by atoms with Gasteiger partial charge in [0.05, 0.1) is 5.52 Å². The molecule has 3 N–H and O–H groups in total. The highest BCUT2D eigenvalue weighted by atomic mass is 35.5. The van der Waals surface area contributed by atoms with Crippen LogP contribution in [0.25, 0.3) is 21.7 Å². The first-order valence-electron chi connectivity index (χ1n) is 9.46. The molecule has 0 bridgehead atoms. The van der Waals surface area contributed by atoms with Crippen LogP contribution in [0.2, 0.25) is 5.02 Å². The molecule has 0 saturated carbocycles. The molecule has 0 aliphatic rings. The monoisotopic (exact) mass is 389 g/mol. The van der Waals surface area contributed by atoms with Crippen molar-refractivity contribution in [2.24, 2.45) is 5.73 Å². The van der Waals surface area contributed by atoms with Gasteiger partial charge >= 0.3 is 0 Å². The van der Waals surface area contributed by atoms with Gasteiger partial charge in [0.15, 0.2) is 0 Å². The highest BCUT2D eigenvalue weighted by Gasteiger charge is 2.28. The third-order valence-corrected chi connectivity index (χ3v) is 5.65. The Morgan fingerprint density at radius 1 is 1.00 bits per heavy atom. The molecule has 4 heteroatoms. The number of fused-ring (bicyclic) bond motifs is 2. The SMILES string of the molecule is CC(C)(NCc1ccc2ccccc2c1)C(N)c1ccnc2cc(Cl)ccc12. The molecule has 0 radical (unpaired) electrons. The smallest absolute Gasteiger partial charge is 0.0720 e. The molecule has 28 heavy (non-hydrogen) atoms. The quantitative estimate of drug-likeness (QED) is 0.466. The van der Waals surface area contributed by atoms with Crippen molar-refractivity contribution in [3.63, 3.8) is 0 Å². The summed E-state index contributed by atoms with van der Waals surface area (Å²) in [7, 11) is 0. The molecule has 1 atom stereocenters. The van der Waals surface area contributed by atoms with Crippen LogP contribution >= 0.6 is 11.6 Å². The minimum Gasteiger partial charge on any atom is -0.322 e. The van der Waals surface area contributed by atoms with Crippen molar-refractivity contribution in [2.45, 2.75) is 32.0 Å². The first kappa shape index (κ1) is 18.9. The molecule has 3 aromatic carbocycles. The normalized spacial score (nSPS) is 13.1. The number of nitrogens with two attached hydrogens (primary N) is 1. The number of benzene rings is 3. The number of pyridine rings is 1. The van der Waals surface area contributed by atoms with Gasteiger partial charge in [-0.2, -0.15) is 0 Å². The van der Waals surface area contributed by atoms with Gasteiger partial charge in [-0.15, -0.1) is 0 Å². The number of hydrogen-bond acceptors (Lipinski definition) is 3. The fourth-order valence-corrected chi connectivity index (χ4v) is 3.76. The Kier molecular flexibility index (Phi) is 5.07. The molecule has 0 fully saturated rings. The van der Waals surface area contributed by atoms with Crippen LogP contribution in [0.1, 0.15) is 31.0 Å². The van der Waals surface area contributed by atoms with Gasteiger partial charge in [0, 0.05) is 34.7 Å². The van der Waals surface area contributed by atoms with E-state index in [1.54, 1.807) is 6.20 Å². The van der Waals surface area contributed by atoms with E-state index in [0.29, 0.717) is 5.02 Å². The highest BCUT2D eigenvalue weighted by molar-refractivity contribution is 6.31. The predicted molar refractivity (Wildman–Crippen MR) is 119 cm³/mol. The van der Waals surface area contributed by atoms with E-state index in [0.717, 1.165) is 23.0 Å². The largest absolute Gasteiger partial charge is 0.322 e. The summed E-state index contributed by atoms with van der Waals surface area (Å²) in [6, 6.07) is 22.5. The molecule has 1 heterocycles. The van der Waals surface area contributed by atoms with E-state index >= 15 is 0 Å². The summed E-state index contributed by atoms with van der Waals surface area (Å²) in [4.78, 5) is 4.43. The molecule has 142 valence electrons. The Labute approximate surface area is 170 Å². The minimum absolute atomic E-state index is 0.195. The lowest BCUT2D eigenvalue weighted by atomic mass is 9.87. The zero-order valence-corrected chi connectivity index (χ0v) is 16.9. The lowest BCUT2D eigenvalue weighted by Crippen LogP contribution is -2.48. The van der Waals surface area contributed by atoms with E-state index in [1.807, 2.05) is 24.3 Å². The number of nitrogens with zero attached hydrogens (tertiary/aromatic N) is 1. The summed E-state index contributed by atoms with van der Waals surface area (Å²) in [5, 5.41) is 7.87. The Bertz CT molecular complexity index is 1140. The van der Waals surface area contributed by atoms with E-state index in [9.17, 15) is 0 Å². The van der Waals surface area contributed by atoms with E-state index in [2.05, 4.69) is 66.6 Å². The third kappa shape index (κ3) is 3.74. The van der Waals surface area contributed by atoms with Crippen LogP contribution in [0, 0.1) is 0 Å². The summed E-state index contributed by atoms with van der Waals surface area (Å²) in [6.07, 6.45) is 1.80. The lowest BCUT2D eigenvalue weighted by molar-refractivity contribution is 0.322. The maximum Gasteiger partial charge on any atom is 0.0720 e. The maximum atomic E-state index is 6.71. The van der Waals surface area contributed by atoms with Crippen LogP contribution in [-0.4, -0.2) is 10.5 Å². The number of hydrogen-bond donors (Lipinski definition) is 2. The van der Waals surface area contributed by atoms with Gasteiger partial charge in [0.2, 0.25) is 0 Å². The van der Waals surface area contributed by atoms with Gasteiger partial charge < -0.3 is 11.1 Å². The second-order valence-electron chi connectivity index (χ2n) is 7.80. The van der Waals surface area contributed by atoms with Gasteiger partial charge in [0.1, 0.15) is 0 Å². The van der Waals surface area contributed by atoms with Gasteiger partial charge in [-0.3, -0.25) is 4.98 Å². The molecule has 4 aromatic rings. The zero-order chi connectivity index (χ0) is 19.7. The van der Waals surface area contributed by atoms with Crippen molar-refractivity contribution >= 4 is 33.3 Å². The Morgan fingerprint density at radius 2 is 1.79 bits per heavy atom. The molecule has 1 aromatic heterocycles. The molecule has 0 spiro atoms. The summed E-state index contributed by atoms with van der Waals surface area (Å²) in [6.45, 7) is 5.03. The molecule has 0 amide bonds. The number of rotatable bonds is 5. The van der Waals surface area contributed by atoms with Crippen molar-refractivity contribution in [1.82, 2.24) is 10.3 Å². The standard InChI is InChI=1S/C24H24ClN3/c1-24(2,28-15-16-7-8-17-5-3-4-6-18(17)13-16)23(26)21-11-12-27-22-14-19(25)9-10-20(21)22/h3-14,23,28H,15,26H2,1-2H3. The molecule has 3 nitrogen and oxygen atoms in total. The molecule has 1 unspecified atom stereocenters. The van der Waals surface area contributed by atoms with E-state index in [-0.39, 0.29) is 11.6 Å². The summed E-state index contributed by atoms with van der Waals surface area (Å²) in [5.41, 5.74) is 9.58. The predicted octanol–water partition coefficient (Wildman–Crippen LogP) is 5.61. The van der Waals surface area contributed by atoms with Crippen LogP contribution in [0.4, 0.5) is 0 Å². The first-order valence-corrected chi connectivity index (χ1v) is 9.84. The fourth-order valence-electron chi connectivity index (χ4n) is 3.59. The van der Waals surface area contributed by atoms with Crippen molar-refractivity contribution in [1.29, 1.82) is 0 Å². The van der Waals surface area contributed by atoms with Crippen LogP contribution < -0.4 is 11.1 Å². The third-order valence-electron chi connectivity index (χ3n) is 5.41. The van der Waals surface area contributed by atoms with Crippen LogP contribution in [0.15, 0.2) is 72.9 Å². The van der Waals surface area contributed by atoms with Crippen molar-refractivity contribution in [2.75, 3.05) is 0 Å². The van der Waals surface area contributed by atoms with Crippen molar-refractivity contribution in [3.05, 3.63) is 89.1 Å². The molecular formula is C24H24ClN3. The van der Waals surface area contributed by atoms with Gasteiger partial charge in [-0.05, 0) is 60.0 Å². The van der Waals surface area contributed by atoms with Gasteiger partial charge in [-0.25, -0.2) is 0 Å². The fraction of sp³-hybridized carbons (Fsp3) is 0.208. The number of aromatic nitrogens is 1. The van der Waals surface area contributed by atoms with Crippen molar-refractivity contribution in [3.8, 4) is 0 Å². The highest BCUT2D eigenvalue weighted by Crippen LogP contribution is 2.30. The van der Waals surface area contributed by atoms with Crippen LogP contribution in [0.5, 0.6) is 0 Å². The lowest BCUT2D eigenvalue weighted by Gasteiger charge is -2.34. The molecule has 0 aliphatic heterocycles. The summed E-state index contributed by atoms with van der Waals surface area (Å²) in [5.74, 6) is 0. The minimum atomic E-state index is -0.306. The van der Waals surface area contributed by atoms with Gasteiger partial charge in [0.25, 0.3) is 0 Å². The molecule has 0 aliphatic carbocycles. The van der Waals surface area contributed by atoms with Crippen molar-refractivity contribution < 1.29 is 0 Å². The Balaban J connectivity index is 1.57. The van der Waals surface area contributed by atoms with Crippen LogP contribution in [-0.2, 0) is 6.54 Å². The number of halogens is 1. The van der Waals surface area contributed by atoms with E-state index < -0.39 is 0 Å². The topological polar surface area (TPSA) is 50.9 Å². The van der Waals surface area contributed by atoms with E-state index in [4.69, 9.17) is 17.3 Å².